The first-order valence-corrected chi connectivity index (χ1v) is 8.40. The van der Waals surface area contributed by atoms with Gasteiger partial charge in [-0.25, -0.2) is 4.98 Å². The van der Waals surface area contributed by atoms with Gasteiger partial charge in [0, 0.05) is 12.1 Å². The molecule has 8 heteroatoms. The predicted octanol–water partition coefficient (Wildman–Crippen LogP) is 4.40. The lowest BCUT2D eigenvalue weighted by molar-refractivity contribution is -0.384. The van der Waals surface area contributed by atoms with Crippen molar-refractivity contribution in [1.29, 1.82) is 0 Å². The highest BCUT2D eigenvalue weighted by molar-refractivity contribution is 7.19. The lowest BCUT2D eigenvalue weighted by atomic mass is 10.1. The Hall–Kier alpha value is -3.13. The number of fused-ring (bicyclic) bond motifs is 1. The second kappa shape index (κ2) is 7.40. The van der Waals surface area contributed by atoms with Crippen LogP contribution in [0.4, 0.5) is 5.69 Å². The third kappa shape index (κ3) is 3.45. The number of non-ortho nitro benzene ring substituents is 1. The van der Waals surface area contributed by atoms with Crippen molar-refractivity contribution in [2.75, 3.05) is 21.3 Å². The zero-order valence-corrected chi connectivity index (χ0v) is 15.2. The van der Waals surface area contributed by atoms with Gasteiger partial charge in [-0.1, -0.05) is 6.08 Å². The summed E-state index contributed by atoms with van der Waals surface area (Å²) in [6, 6.07) is 8.32. The number of benzene rings is 2. The molecular formula is C18H16N2O5S. The topological polar surface area (TPSA) is 83.7 Å². The Balaban J connectivity index is 1.94. The van der Waals surface area contributed by atoms with Gasteiger partial charge in [0.25, 0.3) is 5.69 Å². The Morgan fingerprint density at radius 2 is 1.73 bits per heavy atom. The summed E-state index contributed by atoms with van der Waals surface area (Å²) >= 11 is 1.46. The van der Waals surface area contributed by atoms with Crippen LogP contribution in [0, 0.1) is 10.1 Å². The molecule has 0 N–H and O–H groups in total. The lowest BCUT2D eigenvalue weighted by Gasteiger charge is -2.12. The normalized spacial score (nSPS) is 11.0. The predicted molar refractivity (Wildman–Crippen MR) is 101 cm³/mol. The maximum atomic E-state index is 10.9. The maximum absolute atomic E-state index is 10.9. The van der Waals surface area contributed by atoms with E-state index in [4.69, 9.17) is 14.2 Å². The molecule has 3 rings (SSSR count). The minimum absolute atomic E-state index is 0.0305. The molecule has 1 heterocycles. The fraction of sp³-hybridized carbons (Fsp3) is 0.167. The molecule has 0 saturated heterocycles. The highest BCUT2D eigenvalue weighted by atomic mass is 32.1. The molecule has 0 saturated carbocycles. The van der Waals surface area contributed by atoms with Crippen LogP contribution in [-0.2, 0) is 0 Å². The van der Waals surface area contributed by atoms with Gasteiger partial charge in [0.1, 0.15) is 5.01 Å². The van der Waals surface area contributed by atoms with Crippen molar-refractivity contribution in [1.82, 2.24) is 4.98 Å². The van der Waals surface area contributed by atoms with E-state index in [0.29, 0.717) is 22.8 Å². The van der Waals surface area contributed by atoms with Crippen LogP contribution in [0.3, 0.4) is 0 Å². The number of rotatable bonds is 6. The Morgan fingerprint density at radius 3 is 2.31 bits per heavy atom. The molecule has 0 amide bonds. The molecule has 0 aliphatic rings. The summed E-state index contributed by atoms with van der Waals surface area (Å²) in [5.74, 6) is 1.65. The third-order valence-electron chi connectivity index (χ3n) is 3.70. The first-order chi connectivity index (χ1) is 12.5. The average molecular weight is 372 g/mol. The van der Waals surface area contributed by atoms with Crippen molar-refractivity contribution < 1.29 is 19.1 Å². The molecule has 0 fully saturated rings. The molecule has 1 aromatic heterocycles. The molecule has 0 unspecified atom stereocenters. The number of nitro benzene ring substituents is 1. The quantitative estimate of drug-likeness (QED) is 0.471. The van der Waals surface area contributed by atoms with Crippen LogP contribution in [0.1, 0.15) is 10.6 Å². The van der Waals surface area contributed by atoms with Crippen LogP contribution >= 0.6 is 11.3 Å². The fourth-order valence-corrected chi connectivity index (χ4v) is 3.33. The molecule has 26 heavy (non-hydrogen) atoms. The van der Waals surface area contributed by atoms with Crippen LogP contribution in [0.25, 0.3) is 22.4 Å². The van der Waals surface area contributed by atoms with E-state index in [1.807, 2.05) is 24.3 Å². The molecule has 0 aliphatic heterocycles. The van der Waals surface area contributed by atoms with Crippen LogP contribution < -0.4 is 14.2 Å². The molecule has 7 nitrogen and oxygen atoms in total. The van der Waals surface area contributed by atoms with Crippen molar-refractivity contribution in [3.8, 4) is 17.2 Å². The van der Waals surface area contributed by atoms with E-state index in [9.17, 15) is 10.1 Å². The van der Waals surface area contributed by atoms with Crippen LogP contribution in [0.2, 0.25) is 0 Å². The molecule has 0 spiro atoms. The summed E-state index contributed by atoms with van der Waals surface area (Å²) in [6.07, 6.45) is 3.72. The SMILES string of the molecule is COc1cc(/C=C/c2nc3cc([N+](=O)[O-])ccc3s2)cc(OC)c1OC. The van der Waals surface area contributed by atoms with Gasteiger partial charge in [-0.2, -0.15) is 0 Å². The number of ether oxygens (including phenoxy) is 3. The van der Waals surface area contributed by atoms with Crippen LogP contribution in [0.5, 0.6) is 17.2 Å². The highest BCUT2D eigenvalue weighted by Crippen LogP contribution is 2.38. The number of hydrogen-bond donors (Lipinski definition) is 0. The molecule has 0 aliphatic carbocycles. The summed E-state index contributed by atoms with van der Waals surface area (Å²) in [4.78, 5) is 14.9. The van der Waals surface area contributed by atoms with Crippen molar-refractivity contribution in [3.63, 3.8) is 0 Å². The van der Waals surface area contributed by atoms with Crippen LogP contribution in [-0.4, -0.2) is 31.2 Å². The Kier molecular flexibility index (Phi) is 5.04. The summed E-state index contributed by atoms with van der Waals surface area (Å²) in [5, 5.41) is 11.6. The molecule has 3 aromatic rings. The van der Waals surface area contributed by atoms with E-state index in [0.717, 1.165) is 15.3 Å². The van der Waals surface area contributed by atoms with Crippen molar-refractivity contribution >= 4 is 39.4 Å². The fourth-order valence-electron chi connectivity index (χ4n) is 2.48. The van der Waals surface area contributed by atoms with Gasteiger partial charge in [0.2, 0.25) is 5.75 Å². The van der Waals surface area contributed by atoms with E-state index in [2.05, 4.69) is 4.98 Å². The van der Waals surface area contributed by atoms with E-state index in [1.165, 1.54) is 23.5 Å². The van der Waals surface area contributed by atoms with Gasteiger partial charge >= 0.3 is 0 Å². The minimum atomic E-state index is -0.426. The lowest BCUT2D eigenvalue weighted by Crippen LogP contribution is -1.95. The number of hydrogen-bond acceptors (Lipinski definition) is 7. The average Bonchev–Trinajstić information content (AvgIpc) is 3.07. The van der Waals surface area contributed by atoms with Gasteiger partial charge in [-0.15, -0.1) is 11.3 Å². The smallest absolute Gasteiger partial charge is 0.271 e. The summed E-state index contributed by atoms with van der Waals surface area (Å²) < 4.78 is 16.9. The summed E-state index contributed by atoms with van der Waals surface area (Å²) in [7, 11) is 4.67. The Bertz CT molecular complexity index is 971. The van der Waals surface area contributed by atoms with Gasteiger partial charge < -0.3 is 14.2 Å². The number of methoxy groups -OCH3 is 3. The van der Waals surface area contributed by atoms with Crippen molar-refractivity contribution in [2.45, 2.75) is 0 Å². The summed E-state index contributed by atoms with van der Waals surface area (Å²) in [6.45, 7) is 0. The zero-order chi connectivity index (χ0) is 18.7. The first kappa shape index (κ1) is 17.7. The van der Waals surface area contributed by atoms with E-state index in [1.54, 1.807) is 27.4 Å². The Morgan fingerprint density at radius 1 is 1.04 bits per heavy atom. The van der Waals surface area contributed by atoms with Gasteiger partial charge in [0.15, 0.2) is 11.5 Å². The minimum Gasteiger partial charge on any atom is -0.493 e. The van der Waals surface area contributed by atoms with E-state index >= 15 is 0 Å². The number of thiazole rings is 1. The standard InChI is InChI=1S/C18H16N2O5S/c1-23-14-8-11(9-15(24-2)18(14)25-3)4-7-17-19-13-10-12(20(21)22)5-6-16(13)26-17/h4-10H,1-3H3/b7-4+. The largest absolute Gasteiger partial charge is 0.493 e. The molecule has 134 valence electrons. The second-order valence-corrected chi connectivity index (χ2v) is 6.32. The highest BCUT2D eigenvalue weighted by Gasteiger charge is 2.12. The Labute approximate surface area is 153 Å². The van der Waals surface area contributed by atoms with Crippen molar-refractivity contribution in [3.05, 3.63) is 51.0 Å². The number of nitro groups is 1. The molecular weight excluding hydrogens is 356 g/mol. The third-order valence-corrected chi connectivity index (χ3v) is 4.71. The van der Waals surface area contributed by atoms with E-state index in [-0.39, 0.29) is 5.69 Å². The molecule has 2 aromatic carbocycles. The van der Waals surface area contributed by atoms with Crippen molar-refractivity contribution in [2.24, 2.45) is 0 Å². The van der Waals surface area contributed by atoms with Crippen LogP contribution in [0.15, 0.2) is 30.3 Å². The molecule has 0 bridgehead atoms. The van der Waals surface area contributed by atoms with Gasteiger partial charge in [0.05, 0.1) is 36.5 Å². The molecule has 0 atom stereocenters. The monoisotopic (exact) mass is 372 g/mol. The van der Waals surface area contributed by atoms with Gasteiger partial charge in [-0.05, 0) is 29.8 Å². The molecule has 0 radical (unpaired) electrons. The second-order valence-electron chi connectivity index (χ2n) is 5.25. The van der Waals surface area contributed by atoms with E-state index < -0.39 is 4.92 Å². The zero-order valence-electron chi connectivity index (χ0n) is 14.4. The first-order valence-electron chi connectivity index (χ1n) is 7.58. The number of nitrogens with zero attached hydrogens (tertiary/aromatic N) is 2. The van der Waals surface area contributed by atoms with Gasteiger partial charge in [-0.3, -0.25) is 10.1 Å². The summed E-state index contributed by atoms with van der Waals surface area (Å²) in [5.41, 5.74) is 1.49. The number of aromatic nitrogens is 1. The maximum Gasteiger partial charge on any atom is 0.271 e.